The number of aromatic nitrogens is 3. The van der Waals surface area contributed by atoms with Crippen LogP contribution in [0.1, 0.15) is 52.8 Å². The van der Waals surface area contributed by atoms with Crippen molar-refractivity contribution in [3.63, 3.8) is 0 Å². The largest absolute Gasteiger partial charge is 0.351 e. The summed E-state index contributed by atoms with van der Waals surface area (Å²) in [6.45, 7) is 1.69. The predicted molar refractivity (Wildman–Crippen MR) is 91.7 cm³/mol. The van der Waals surface area contributed by atoms with Gasteiger partial charge >= 0.3 is 0 Å². The van der Waals surface area contributed by atoms with Gasteiger partial charge in [-0.05, 0) is 25.3 Å². The second-order valence-corrected chi connectivity index (χ2v) is 8.86. The molecule has 1 N–H and O–H groups in total. The number of amides is 1. The van der Waals surface area contributed by atoms with Crippen molar-refractivity contribution in [2.45, 2.75) is 44.8 Å². The number of hydrogen-bond acceptors (Lipinski definition) is 6. The first-order valence-electron chi connectivity index (χ1n) is 8.66. The first-order chi connectivity index (χ1) is 12.4. The lowest BCUT2D eigenvalue weighted by Crippen LogP contribution is -2.29. The minimum Gasteiger partial charge on any atom is -0.351 e. The van der Waals surface area contributed by atoms with Crippen LogP contribution < -0.4 is 5.32 Å². The van der Waals surface area contributed by atoms with E-state index in [1.165, 1.54) is 10.6 Å². The molecular formula is C16H21N5O4S. The molecule has 0 aromatic carbocycles. The molecule has 9 nitrogen and oxygen atoms in total. The zero-order valence-electron chi connectivity index (χ0n) is 14.5. The number of carbonyl (C=O) groups is 1. The molecule has 0 radical (unpaired) electrons. The van der Waals surface area contributed by atoms with E-state index in [2.05, 4.69) is 15.6 Å². The van der Waals surface area contributed by atoms with Gasteiger partial charge in [0.15, 0.2) is 0 Å². The van der Waals surface area contributed by atoms with Gasteiger partial charge in [-0.2, -0.15) is 9.40 Å². The summed E-state index contributed by atoms with van der Waals surface area (Å²) < 4.78 is 32.0. The van der Waals surface area contributed by atoms with E-state index in [1.54, 1.807) is 6.07 Å². The highest BCUT2D eigenvalue weighted by molar-refractivity contribution is 7.88. The molecule has 26 heavy (non-hydrogen) atoms. The third kappa shape index (κ3) is 3.65. The fraction of sp³-hybridized carbons (Fsp3) is 0.562. The van der Waals surface area contributed by atoms with Crippen molar-refractivity contribution < 1.29 is 17.7 Å². The predicted octanol–water partition coefficient (Wildman–Crippen LogP) is 0.844. The van der Waals surface area contributed by atoms with Crippen molar-refractivity contribution in [2.75, 3.05) is 12.8 Å². The van der Waals surface area contributed by atoms with Crippen molar-refractivity contribution >= 4 is 15.9 Å². The van der Waals surface area contributed by atoms with E-state index in [4.69, 9.17) is 4.52 Å². The van der Waals surface area contributed by atoms with Gasteiger partial charge in [0.1, 0.15) is 0 Å². The molecule has 0 saturated heterocycles. The highest BCUT2D eigenvalue weighted by Crippen LogP contribution is 2.39. The molecule has 1 saturated carbocycles. The molecule has 1 aliphatic heterocycles. The highest BCUT2D eigenvalue weighted by atomic mass is 32.2. The Morgan fingerprint density at radius 3 is 2.88 bits per heavy atom. The molecule has 2 aliphatic rings. The molecule has 2 aromatic heterocycles. The first-order valence-corrected chi connectivity index (χ1v) is 10.5. The fourth-order valence-electron chi connectivity index (χ4n) is 3.09. The van der Waals surface area contributed by atoms with Gasteiger partial charge in [0, 0.05) is 25.1 Å². The molecule has 1 amide bonds. The number of nitrogens with one attached hydrogen (secondary N) is 1. The molecule has 0 unspecified atom stereocenters. The summed E-state index contributed by atoms with van der Waals surface area (Å²) in [5.41, 5.74) is 2.35. The van der Waals surface area contributed by atoms with Gasteiger partial charge in [-0.25, -0.2) is 8.42 Å². The van der Waals surface area contributed by atoms with Gasteiger partial charge in [-0.3, -0.25) is 9.48 Å². The molecule has 0 spiro atoms. The Morgan fingerprint density at radius 2 is 2.15 bits per heavy atom. The number of aryl methyl sites for hydroxylation is 1. The summed E-state index contributed by atoms with van der Waals surface area (Å²) in [5, 5.41) is 11.2. The van der Waals surface area contributed by atoms with E-state index in [1.807, 2.05) is 10.7 Å². The number of hydrogen-bond donors (Lipinski definition) is 1. The molecule has 2 aromatic rings. The van der Waals surface area contributed by atoms with Crippen LogP contribution in [0.2, 0.25) is 0 Å². The summed E-state index contributed by atoms with van der Waals surface area (Å²) in [7, 11) is -3.24. The maximum absolute atomic E-state index is 12.2. The molecule has 0 bridgehead atoms. The molecule has 3 heterocycles. The Hall–Kier alpha value is -2.20. The third-order valence-corrected chi connectivity index (χ3v) is 5.93. The first kappa shape index (κ1) is 17.2. The maximum atomic E-state index is 12.2. The Labute approximate surface area is 151 Å². The molecule has 1 fully saturated rings. The Kier molecular flexibility index (Phi) is 4.31. The number of nitrogens with zero attached hydrogens (tertiary/aromatic N) is 4. The molecule has 0 atom stereocenters. The molecule has 10 heteroatoms. The molecule has 1 aliphatic carbocycles. The number of rotatable bonds is 5. The van der Waals surface area contributed by atoms with Crippen LogP contribution in [0.25, 0.3) is 0 Å². The van der Waals surface area contributed by atoms with Gasteiger partial charge in [-0.1, -0.05) is 5.16 Å². The van der Waals surface area contributed by atoms with Gasteiger partial charge < -0.3 is 9.84 Å². The lowest BCUT2D eigenvalue weighted by Gasteiger charge is -2.16. The normalized spacial score (nSPS) is 18.3. The molecular weight excluding hydrogens is 358 g/mol. The maximum Gasteiger partial charge on any atom is 0.290 e. The summed E-state index contributed by atoms with van der Waals surface area (Å²) in [5.74, 6) is 0.308. The van der Waals surface area contributed by atoms with Crippen LogP contribution >= 0.6 is 0 Å². The zero-order valence-corrected chi connectivity index (χ0v) is 15.3. The van der Waals surface area contributed by atoms with Crippen LogP contribution in [0, 0.1) is 0 Å². The Bertz CT molecular complexity index is 928. The second kappa shape index (κ2) is 6.51. The minimum atomic E-state index is -3.24. The monoisotopic (exact) mass is 379 g/mol. The summed E-state index contributed by atoms with van der Waals surface area (Å²) in [6, 6.07) is 3.53. The van der Waals surface area contributed by atoms with Crippen LogP contribution in [0.4, 0.5) is 0 Å². The van der Waals surface area contributed by atoms with E-state index in [0.29, 0.717) is 37.7 Å². The van der Waals surface area contributed by atoms with E-state index in [9.17, 15) is 13.2 Å². The van der Waals surface area contributed by atoms with E-state index in [0.717, 1.165) is 24.2 Å². The van der Waals surface area contributed by atoms with Crippen LogP contribution in [-0.4, -0.2) is 46.4 Å². The van der Waals surface area contributed by atoms with E-state index in [-0.39, 0.29) is 18.2 Å². The number of fused-ring (bicyclic) bond motifs is 1. The minimum absolute atomic E-state index is 0.205. The number of sulfonamides is 1. The highest BCUT2D eigenvalue weighted by Gasteiger charge is 2.28. The van der Waals surface area contributed by atoms with Crippen molar-refractivity contribution in [1.29, 1.82) is 0 Å². The van der Waals surface area contributed by atoms with Crippen LogP contribution in [0.5, 0.6) is 0 Å². The average molecular weight is 379 g/mol. The van der Waals surface area contributed by atoms with Gasteiger partial charge in [0.25, 0.3) is 5.91 Å². The standard InChI is InChI=1S/C16H21N5O4S/c1-26(23,24)20-5-2-6-21-13(10-20)7-12(18-21)9-17-16(22)15-8-14(19-25-15)11-3-4-11/h7-8,11H,2-6,9-10H2,1H3,(H,17,22). The number of carbonyl (C=O) groups excluding carboxylic acids is 1. The third-order valence-electron chi connectivity index (χ3n) is 4.68. The summed E-state index contributed by atoms with van der Waals surface area (Å²) in [4.78, 5) is 12.2. The summed E-state index contributed by atoms with van der Waals surface area (Å²) in [6.07, 6.45) is 4.11. The molecule has 4 rings (SSSR count). The lowest BCUT2D eigenvalue weighted by molar-refractivity contribution is 0.0913. The van der Waals surface area contributed by atoms with E-state index < -0.39 is 10.0 Å². The van der Waals surface area contributed by atoms with Gasteiger partial charge in [0.2, 0.25) is 15.8 Å². The van der Waals surface area contributed by atoms with Crippen molar-refractivity contribution in [2.24, 2.45) is 0 Å². The topological polar surface area (TPSA) is 110 Å². The lowest BCUT2D eigenvalue weighted by atomic mass is 10.2. The smallest absolute Gasteiger partial charge is 0.290 e. The summed E-state index contributed by atoms with van der Waals surface area (Å²) >= 11 is 0. The fourth-order valence-corrected chi connectivity index (χ4v) is 3.91. The Morgan fingerprint density at radius 1 is 1.35 bits per heavy atom. The zero-order chi connectivity index (χ0) is 18.3. The van der Waals surface area contributed by atoms with E-state index >= 15 is 0 Å². The van der Waals surface area contributed by atoms with Gasteiger partial charge in [0.05, 0.1) is 36.4 Å². The average Bonchev–Trinajstić information content (AvgIpc) is 3.25. The van der Waals surface area contributed by atoms with Crippen LogP contribution in [-0.2, 0) is 29.7 Å². The Balaban J connectivity index is 1.40. The second-order valence-electron chi connectivity index (χ2n) is 6.87. The van der Waals surface area contributed by atoms with Gasteiger partial charge in [-0.15, -0.1) is 0 Å². The van der Waals surface area contributed by atoms with Crippen molar-refractivity contribution in [3.8, 4) is 0 Å². The van der Waals surface area contributed by atoms with Crippen molar-refractivity contribution in [1.82, 2.24) is 24.6 Å². The van der Waals surface area contributed by atoms with Crippen molar-refractivity contribution in [3.05, 3.63) is 35.0 Å². The quantitative estimate of drug-likeness (QED) is 0.824. The SMILES string of the molecule is CS(=O)(=O)N1CCCn2nc(CNC(=O)c3cc(C4CC4)no3)cc2C1. The van der Waals surface area contributed by atoms with Crippen LogP contribution in [0.3, 0.4) is 0 Å². The molecule has 140 valence electrons. The van der Waals surface area contributed by atoms with Crippen LogP contribution in [0.15, 0.2) is 16.7 Å².